The molecule has 0 amide bonds. The van der Waals surface area contributed by atoms with Crippen LogP contribution in [0.15, 0.2) is 29.3 Å². The van der Waals surface area contributed by atoms with Gasteiger partial charge in [0.25, 0.3) is 0 Å². The quantitative estimate of drug-likeness (QED) is 0.377. The Kier molecular flexibility index (Phi) is 9.09. The molecule has 1 saturated heterocycles. The van der Waals surface area contributed by atoms with E-state index >= 15 is 0 Å². The summed E-state index contributed by atoms with van der Waals surface area (Å²) in [4.78, 5) is 6.77. The SMILES string of the molecule is CN=C(NCCCOC1CCOC1)NCc1ccc(N(C)C2CCCCC2)cc1. The molecule has 1 aliphatic carbocycles. The predicted octanol–water partition coefficient (Wildman–Crippen LogP) is 3.32. The van der Waals surface area contributed by atoms with Crippen molar-refractivity contribution in [1.29, 1.82) is 0 Å². The van der Waals surface area contributed by atoms with Gasteiger partial charge in [-0.25, -0.2) is 0 Å². The van der Waals surface area contributed by atoms with Gasteiger partial charge in [-0.05, 0) is 43.4 Å². The molecular formula is C23H38N4O2. The fourth-order valence-electron chi connectivity index (χ4n) is 4.11. The van der Waals surface area contributed by atoms with E-state index in [1.54, 1.807) is 0 Å². The van der Waals surface area contributed by atoms with Crippen LogP contribution < -0.4 is 15.5 Å². The summed E-state index contributed by atoms with van der Waals surface area (Å²) in [5, 5.41) is 6.75. The number of ether oxygens (including phenoxy) is 2. The lowest BCUT2D eigenvalue weighted by molar-refractivity contribution is 0.0420. The lowest BCUT2D eigenvalue weighted by Crippen LogP contribution is -2.37. The lowest BCUT2D eigenvalue weighted by atomic mass is 9.94. The first-order chi connectivity index (χ1) is 14.3. The van der Waals surface area contributed by atoms with Crippen LogP contribution in [0.1, 0.15) is 50.5 Å². The Bertz CT molecular complexity index is 608. The number of guanidine groups is 1. The Morgan fingerprint density at radius 2 is 1.93 bits per heavy atom. The first kappa shape index (κ1) is 21.9. The van der Waals surface area contributed by atoms with Gasteiger partial charge in [-0.15, -0.1) is 0 Å². The molecule has 3 rings (SSSR count). The molecule has 2 aliphatic rings. The first-order valence-corrected chi connectivity index (χ1v) is 11.2. The number of hydrogen-bond donors (Lipinski definition) is 2. The Hall–Kier alpha value is -1.79. The summed E-state index contributed by atoms with van der Waals surface area (Å²) >= 11 is 0. The van der Waals surface area contributed by atoms with Crippen LogP contribution in [-0.4, -0.2) is 58.6 Å². The van der Waals surface area contributed by atoms with E-state index in [4.69, 9.17) is 9.47 Å². The van der Waals surface area contributed by atoms with E-state index in [-0.39, 0.29) is 6.10 Å². The summed E-state index contributed by atoms with van der Waals surface area (Å²) in [7, 11) is 4.04. The molecule has 6 nitrogen and oxygen atoms in total. The van der Waals surface area contributed by atoms with Crippen molar-refractivity contribution in [2.45, 2.75) is 63.6 Å². The van der Waals surface area contributed by atoms with E-state index in [1.807, 2.05) is 7.05 Å². The van der Waals surface area contributed by atoms with Gasteiger partial charge in [0.05, 0.1) is 12.7 Å². The van der Waals surface area contributed by atoms with Crippen molar-refractivity contribution in [2.75, 3.05) is 45.4 Å². The van der Waals surface area contributed by atoms with Gasteiger partial charge in [0.2, 0.25) is 0 Å². The van der Waals surface area contributed by atoms with Crippen LogP contribution in [0.5, 0.6) is 0 Å². The van der Waals surface area contributed by atoms with E-state index < -0.39 is 0 Å². The maximum Gasteiger partial charge on any atom is 0.191 e. The van der Waals surface area contributed by atoms with Gasteiger partial charge in [0.1, 0.15) is 0 Å². The molecule has 1 aliphatic heterocycles. The molecular weight excluding hydrogens is 364 g/mol. The average molecular weight is 403 g/mol. The monoisotopic (exact) mass is 402 g/mol. The fourth-order valence-corrected chi connectivity index (χ4v) is 4.11. The zero-order valence-electron chi connectivity index (χ0n) is 18.2. The van der Waals surface area contributed by atoms with Crippen molar-refractivity contribution in [3.63, 3.8) is 0 Å². The van der Waals surface area contributed by atoms with Gasteiger partial charge in [-0.2, -0.15) is 0 Å². The Morgan fingerprint density at radius 3 is 2.62 bits per heavy atom. The Morgan fingerprint density at radius 1 is 1.14 bits per heavy atom. The number of benzene rings is 1. The second-order valence-electron chi connectivity index (χ2n) is 8.13. The number of nitrogens with zero attached hydrogens (tertiary/aromatic N) is 2. The standard InChI is InChI=1S/C23H38N4O2/c1-24-23(25-14-6-15-29-22-13-16-28-18-22)26-17-19-9-11-21(12-10-19)27(2)20-7-4-3-5-8-20/h9-12,20,22H,3-8,13-18H2,1-2H3,(H2,24,25,26). The van der Waals surface area contributed by atoms with Gasteiger partial charge in [-0.1, -0.05) is 31.4 Å². The summed E-state index contributed by atoms with van der Waals surface area (Å²) in [6.45, 7) is 3.94. The maximum absolute atomic E-state index is 5.79. The second kappa shape index (κ2) is 12.0. The molecule has 1 saturated carbocycles. The minimum absolute atomic E-state index is 0.285. The molecule has 2 fully saturated rings. The molecule has 1 heterocycles. The highest BCUT2D eigenvalue weighted by molar-refractivity contribution is 5.79. The third kappa shape index (κ3) is 7.19. The molecule has 6 heteroatoms. The van der Waals surface area contributed by atoms with E-state index in [2.05, 4.69) is 51.8 Å². The van der Waals surface area contributed by atoms with Crippen LogP contribution in [0.3, 0.4) is 0 Å². The highest BCUT2D eigenvalue weighted by Gasteiger charge is 2.18. The second-order valence-corrected chi connectivity index (χ2v) is 8.13. The molecule has 0 spiro atoms. The number of aliphatic imine (C=N–C) groups is 1. The number of anilines is 1. The van der Waals surface area contributed by atoms with Crippen LogP contribution in [0.25, 0.3) is 0 Å². The molecule has 1 atom stereocenters. The number of nitrogens with one attached hydrogen (secondary N) is 2. The molecule has 29 heavy (non-hydrogen) atoms. The van der Waals surface area contributed by atoms with Gasteiger partial charge in [-0.3, -0.25) is 4.99 Å². The molecule has 0 radical (unpaired) electrons. The van der Waals surface area contributed by atoms with Crippen LogP contribution in [0, 0.1) is 0 Å². The van der Waals surface area contributed by atoms with Crippen molar-refractivity contribution in [3.05, 3.63) is 29.8 Å². The number of rotatable bonds is 9. The molecule has 1 aromatic rings. The van der Waals surface area contributed by atoms with Crippen LogP contribution >= 0.6 is 0 Å². The van der Waals surface area contributed by atoms with Crippen molar-refractivity contribution in [3.8, 4) is 0 Å². The van der Waals surface area contributed by atoms with Gasteiger partial charge < -0.3 is 25.0 Å². The fraction of sp³-hybridized carbons (Fsp3) is 0.696. The summed E-state index contributed by atoms with van der Waals surface area (Å²) < 4.78 is 11.1. The maximum atomic E-state index is 5.79. The van der Waals surface area contributed by atoms with Crippen molar-refractivity contribution in [2.24, 2.45) is 4.99 Å². The van der Waals surface area contributed by atoms with Gasteiger partial charge in [0, 0.05) is 52.1 Å². The molecule has 0 bridgehead atoms. The third-order valence-electron chi connectivity index (χ3n) is 6.00. The van der Waals surface area contributed by atoms with Crippen molar-refractivity contribution in [1.82, 2.24) is 10.6 Å². The molecule has 162 valence electrons. The molecule has 1 unspecified atom stereocenters. The first-order valence-electron chi connectivity index (χ1n) is 11.2. The largest absolute Gasteiger partial charge is 0.379 e. The average Bonchev–Trinajstić information content (AvgIpc) is 3.30. The lowest BCUT2D eigenvalue weighted by Gasteiger charge is -2.33. The normalized spacial score (nSPS) is 20.6. The van der Waals surface area contributed by atoms with Gasteiger partial charge >= 0.3 is 0 Å². The van der Waals surface area contributed by atoms with E-state index in [1.165, 1.54) is 43.4 Å². The van der Waals surface area contributed by atoms with Crippen LogP contribution in [0.2, 0.25) is 0 Å². The van der Waals surface area contributed by atoms with Crippen molar-refractivity contribution < 1.29 is 9.47 Å². The van der Waals surface area contributed by atoms with E-state index in [0.717, 1.165) is 51.7 Å². The Labute approximate surface area is 176 Å². The molecule has 2 N–H and O–H groups in total. The summed E-state index contributed by atoms with van der Waals surface area (Å²) in [5.74, 6) is 0.831. The minimum atomic E-state index is 0.285. The summed E-state index contributed by atoms with van der Waals surface area (Å²) in [6, 6.07) is 9.61. The zero-order chi connectivity index (χ0) is 20.3. The highest BCUT2D eigenvalue weighted by Crippen LogP contribution is 2.26. The summed E-state index contributed by atoms with van der Waals surface area (Å²) in [6.07, 6.45) is 9.03. The van der Waals surface area contributed by atoms with Crippen LogP contribution in [-0.2, 0) is 16.0 Å². The van der Waals surface area contributed by atoms with Gasteiger partial charge in [0.15, 0.2) is 5.96 Å². The van der Waals surface area contributed by atoms with E-state index in [0.29, 0.717) is 6.04 Å². The Balaban J connectivity index is 1.34. The van der Waals surface area contributed by atoms with Crippen LogP contribution in [0.4, 0.5) is 5.69 Å². The number of hydrogen-bond acceptors (Lipinski definition) is 4. The van der Waals surface area contributed by atoms with E-state index in [9.17, 15) is 0 Å². The van der Waals surface area contributed by atoms with Crippen molar-refractivity contribution >= 4 is 11.6 Å². The smallest absolute Gasteiger partial charge is 0.191 e. The predicted molar refractivity (Wildman–Crippen MR) is 120 cm³/mol. The molecule has 0 aromatic heterocycles. The highest BCUT2D eigenvalue weighted by atomic mass is 16.5. The zero-order valence-corrected chi connectivity index (χ0v) is 18.2. The topological polar surface area (TPSA) is 58.1 Å². The summed E-state index contributed by atoms with van der Waals surface area (Å²) in [5.41, 5.74) is 2.58. The third-order valence-corrected chi connectivity index (χ3v) is 6.00. The molecule has 1 aromatic carbocycles. The minimum Gasteiger partial charge on any atom is -0.379 e.